The number of carbonyl (C=O) groups excluding carboxylic acids is 1. The number of aliphatic hydroxyl groups is 1. The minimum Gasteiger partial charge on any atom is -0.382 e. The van der Waals surface area contributed by atoms with Crippen LogP contribution in [-0.4, -0.2) is 44.1 Å². The molecule has 1 N–H and O–H groups in total. The Labute approximate surface area is 123 Å². The Balaban J connectivity index is 1.75. The maximum atomic E-state index is 12.3. The molecule has 1 aliphatic rings. The number of aromatic nitrogens is 3. The Morgan fingerprint density at radius 3 is 2.57 bits per heavy atom. The molecule has 2 heterocycles. The predicted octanol–water partition coefficient (Wildman–Crippen LogP) is 1.81. The van der Waals surface area contributed by atoms with Gasteiger partial charge in [0.25, 0.3) is 0 Å². The molecule has 1 amide bonds. The van der Waals surface area contributed by atoms with Gasteiger partial charge in [0.05, 0.1) is 6.20 Å². The molecule has 0 bridgehead atoms. The maximum Gasteiger partial charge on any atom is 0.346 e. The van der Waals surface area contributed by atoms with Crippen molar-refractivity contribution in [3.05, 3.63) is 47.8 Å². The normalized spacial score (nSPS) is 16.7. The highest BCUT2D eigenvalue weighted by molar-refractivity contribution is 5.75. The van der Waals surface area contributed by atoms with E-state index in [1.807, 2.05) is 30.3 Å². The van der Waals surface area contributed by atoms with Gasteiger partial charge in [0.1, 0.15) is 11.8 Å². The molecular weight excluding hydrogens is 268 g/mol. The number of nitrogens with zero attached hydrogens (tertiary/aromatic N) is 4. The number of aliphatic hydroxyl groups excluding tert-OH is 1. The lowest BCUT2D eigenvalue weighted by molar-refractivity contribution is 0.184. The van der Waals surface area contributed by atoms with Crippen LogP contribution in [-0.2, 0) is 0 Å². The number of hydrogen-bond donors (Lipinski definition) is 1. The van der Waals surface area contributed by atoms with Crippen molar-refractivity contribution < 1.29 is 9.90 Å². The summed E-state index contributed by atoms with van der Waals surface area (Å²) in [6.07, 6.45) is 3.86. The molecule has 0 aliphatic carbocycles. The lowest BCUT2D eigenvalue weighted by Gasteiger charge is -2.25. The Morgan fingerprint density at radius 1 is 1.14 bits per heavy atom. The molecule has 6 heteroatoms. The van der Waals surface area contributed by atoms with Crippen LogP contribution in [0.4, 0.5) is 4.79 Å². The number of benzene rings is 1. The molecule has 2 aromatic rings. The van der Waals surface area contributed by atoms with Gasteiger partial charge in [-0.3, -0.25) is 0 Å². The Morgan fingerprint density at radius 2 is 1.86 bits per heavy atom. The number of hydrogen-bond acceptors (Lipinski definition) is 4. The summed E-state index contributed by atoms with van der Waals surface area (Å²) < 4.78 is 1.22. The van der Waals surface area contributed by atoms with E-state index in [4.69, 9.17) is 0 Å². The van der Waals surface area contributed by atoms with Gasteiger partial charge in [0.15, 0.2) is 0 Å². The monoisotopic (exact) mass is 286 g/mol. The fourth-order valence-electron chi connectivity index (χ4n) is 2.53. The van der Waals surface area contributed by atoms with E-state index in [9.17, 15) is 9.90 Å². The largest absolute Gasteiger partial charge is 0.382 e. The summed E-state index contributed by atoms with van der Waals surface area (Å²) >= 11 is 0. The number of likely N-dealkylation sites (tertiary alicyclic amines) is 1. The molecule has 0 saturated carbocycles. The molecule has 21 heavy (non-hydrogen) atoms. The minimum absolute atomic E-state index is 0.172. The fourth-order valence-corrected chi connectivity index (χ4v) is 2.53. The van der Waals surface area contributed by atoms with Crippen molar-refractivity contribution in [2.75, 3.05) is 13.1 Å². The zero-order chi connectivity index (χ0) is 14.7. The van der Waals surface area contributed by atoms with E-state index in [0.717, 1.165) is 31.5 Å². The number of amides is 1. The minimum atomic E-state index is -0.867. The number of piperidine rings is 1. The molecule has 1 fully saturated rings. The van der Waals surface area contributed by atoms with Crippen LogP contribution in [0.25, 0.3) is 0 Å². The van der Waals surface area contributed by atoms with Gasteiger partial charge in [-0.05, 0) is 24.8 Å². The smallest absolute Gasteiger partial charge is 0.346 e. The van der Waals surface area contributed by atoms with Crippen molar-refractivity contribution in [2.45, 2.75) is 25.4 Å². The van der Waals surface area contributed by atoms with Gasteiger partial charge in [-0.15, -0.1) is 5.10 Å². The molecule has 6 nitrogen and oxygen atoms in total. The van der Waals surface area contributed by atoms with Crippen LogP contribution in [0.5, 0.6) is 0 Å². The number of carbonyl (C=O) groups is 1. The van der Waals surface area contributed by atoms with Crippen LogP contribution >= 0.6 is 0 Å². The number of rotatable bonds is 2. The Kier molecular flexibility index (Phi) is 3.96. The zero-order valence-corrected chi connectivity index (χ0v) is 11.7. The second-order valence-corrected chi connectivity index (χ2v) is 5.23. The zero-order valence-electron chi connectivity index (χ0n) is 11.7. The van der Waals surface area contributed by atoms with Gasteiger partial charge in [0, 0.05) is 13.1 Å². The molecule has 1 saturated heterocycles. The van der Waals surface area contributed by atoms with Crippen molar-refractivity contribution in [1.29, 1.82) is 0 Å². The van der Waals surface area contributed by atoms with E-state index >= 15 is 0 Å². The molecule has 1 unspecified atom stereocenters. The lowest BCUT2D eigenvalue weighted by atomic mass is 10.1. The molecule has 1 aliphatic heterocycles. The van der Waals surface area contributed by atoms with Crippen molar-refractivity contribution in [1.82, 2.24) is 19.9 Å². The van der Waals surface area contributed by atoms with Crippen LogP contribution in [0.1, 0.15) is 36.6 Å². The molecule has 0 radical (unpaired) electrons. The summed E-state index contributed by atoms with van der Waals surface area (Å²) in [6.45, 7) is 1.52. The van der Waals surface area contributed by atoms with E-state index < -0.39 is 6.10 Å². The maximum absolute atomic E-state index is 12.3. The summed E-state index contributed by atoms with van der Waals surface area (Å²) in [5, 5.41) is 18.0. The fraction of sp³-hybridized carbons (Fsp3) is 0.400. The van der Waals surface area contributed by atoms with Crippen molar-refractivity contribution >= 4 is 6.03 Å². The Hall–Kier alpha value is -2.21. The second-order valence-electron chi connectivity index (χ2n) is 5.23. The van der Waals surface area contributed by atoms with Crippen LogP contribution in [0.3, 0.4) is 0 Å². The van der Waals surface area contributed by atoms with Crippen LogP contribution in [0.2, 0.25) is 0 Å². The van der Waals surface area contributed by atoms with Gasteiger partial charge in [0.2, 0.25) is 0 Å². The van der Waals surface area contributed by atoms with Gasteiger partial charge in [-0.1, -0.05) is 35.5 Å². The highest BCUT2D eigenvalue weighted by Crippen LogP contribution is 2.19. The highest BCUT2D eigenvalue weighted by atomic mass is 16.3. The van der Waals surface area contributed by atoms with Crippen LogP contribution in [0.15, 0.2) is 36.5 Å². The summed E-state index contributed by atoms with van der Waals surface area (Å²) in [4.78, 5) is 14.1. The summed E-state index contributed by atoms with van der Waals surface area (Å²) in [7, 11) is 0. The Bertz CT molecular complexity index is 605. The summed E-state index contributed by atoms with van der Waals surface area (Å²) in [6, 6.07) is 9.04. The third-order valence-corrected chi connectivity index (χ3v) is 3.73. The van der Waals surface area contributed by atoms with Crippen molar-refractivity contribution in [3.63, 3.8) is 0 Å². The second kappa shape index (κ2) is 6.05. The standard InChI is InChI=1S/C15H18N4O2/c20-14(12-7-3-1-4-8-12)13-11-19(17-16-13)15(21)18-9-5-2-6-10-18/h1,3-4,7-8,11,14,20H,2,5-6,9-10H2. The van der Waals surface area contributed by atoms with Gasteiger partial charge < -0.3 is 10.0 Å². The first-order chi connectivity index (χ1) is 10.3. The summed E-state index contributed by atoms with van der Waals surface area (Å²) in [5.74, 6) is 0. The highest BCUT2D eigenvalue weighted by Gasteiger charge is 2.21. The third-order valence-electron chi connectivity index (χ3n) is 3.73. The molecule has 1 aromatic carbocycles. The molecule has 0 spiro atoms. The van der Waals surface area contributed by atoms with E-state index in [1.165, 1.54) is 17.3 Å². The van der Waals surface area contributed by atoms with E-state index in [0.29, 0.717) is 5.69 Å². The third kappa shape index (κ3) is 2.95. The molecule has 1 atom stereocenters. The average molecular weight is 286 g/mol. The van der Waals surface area contributed by atoms with E-state index in [1.54, 1.807) is 4.90 Å². The predicted molar refractivity (Wildman–Crippen MR) is 76.7 cm³/mol. The van der Waals surface area contributed by atoms with Crippen LogP contribution < -0.4 is 0 Å². The van der Waals surface area contributed by atoms with Crippen molar-refractivity contribution in [3.8, 4) is 0 Å². The SMILES string of the molecule is O=C(N1CCCCC1)n1cc(C(O)c2ccccc2)nn1. The lowest BCUT2D eigenvalue weighted by Crippen LogP contribution is -2.38. The molecular formula is C15H18N4O2. The first-order valence-electron chi connectivity index (χ1n) is 7.20. The van der Waals surface area contributed by atoms with Crippen LogP contribution in [0, 0.1) is 0 Å². The van der Waals surface area contributed by atoms with E-state index in [2.05, 4.69) is 10.3 Å². The van der Waals surface area contributed by atoms with Gasteiger partial charge in [-0.25, -0.2) is 4.79 Å². The van der Waals surface area contributed by atoms with Gasteiger partial charge in [-0.2, -0.15) is 4.68 Å². The average Bonchev–Trinajstić information content (AvgIpc) is 3.05. The van der Waals surface area contributed by atoms with E-state index in [-0.39, 0.29) is 6.03 Å². The summed E-state index contributed by atoms with van der Waals surface area (Å²) in [5.41, 5.74) is 1.11. The first kappa shape index (κ1) is 13.8. The van der Waals surface area contributed by atoms with Crippen molar-refractivity contribution in [2.24, 2.45) is 0 Å². The molecule has 3 rings (SSSR count). The molecule has 110 valence electrons. The quantitative estimate of drug-likeness (QED) is 0.914. The first-order valence-corrected chi connectivity index (χ1v) is 7.20. The molecule has 1 aromatic heterocycles. The van der Waals surface area contributed by atoms with Gasteiger partial charge >= 0.3 is 6.03 Å². The topological polar surface area (TPSA) is 71.2 Å².